The lowest BCUT2D eigenvalue weighted by Gasteiger charge is -2.19. The molecule has 0 radical (unpaired) electrons. The van der Waals surface area contributed by atoms with Gasteiger partial charge in [0, 0.05) is 23.9 Å². The van der Waals surface area contributed by atoms with Crippen LogP contribution >= 0.6 is 11.3 Å². The highest BCUT2D eigenvalue weighted by Crippen LogP contribution is 2.29. The van der Waals surface area contributed by atoms with Crippen LogP contribution < -0.4 is 10.6 Å². The molecule has 4 aromatic carbocycles. The van der Waals surface area contributed by atoms with Crippen molar-refractivity contribution in [1.29, 1.82) is 0 Å². The quantitative estimate of drug-likeness (QED) is 0.232. The van der Waals surface area contributed by atoms with E-state index in [0.29, 0.717) is 12.1 Å². The first kappa shape index (κ1) is 25.5. The number of fused-ring (bicyclic) bond motifs is 3. The summed E-state index contributed by atoms with van der Waals surface area (Å²) < 4.78 is 3.31. The third kappa shape index (κ3) is 5.65. The van der Waals surface area contributed by atoms with Crippen LogP contribution in [0.1, 0.15) is 16.7 Å². The Balaban J connectivity index is 1.16. The second kappa shape index (κ2) is 11.2. The molecule has 6 nitrogen and oxygen atoms in total. The molecule has 2 amide bonds. The molecule has 1 atom stereocenters. The highest BCUT2D eigenvalue weighted by molar-refractivity contribution is 7.23. The van der Waals surface area contributed by atoms with Crippen LogP contribution in [0.4, 0.5) is 5.69 Å². The van der Waals surface area contributed by atoms with Gasteiger partial charge in [-0.05, 0) is 42.3 Å². The zero-order chi connectivity index (χ0) is 27.5. The van der Waals surface area contributed by atoms with Crippen LogP contribution in [0.15, 0.2) is 109 Å². The fourth-order valence-electron chi connectivity index (χ4n) is 4.74. The molecule has 0 aliphatic heterocycles. The molecule has 7 heteroatoms. The van der Waals surface area contributed by atoms with Gasteiger partial charge in [-0.2, -0.15) is 0 Å². The topological polar surface area (TPSA) is 75.5 Å². The third-order valence-corrected chi connectivity index (χ3v) is 7.90. The molecule has 0 aliphatic carbocycles. The van der Waals surface area contributed by atoms with Crippen molar-refractivity contribution in [3.05, 3.63) is 126 Å². The number of anilines is 1. The first-order valence-electron chi connectivity index (χ1n) is 13.2. The van der Waals surface area contributed by atoms with Crippen LogP contribution in [-0.2, 0) is 22.4 Å². The maximum absolute atomic E-state index is 13.4. The fraction of sp³-hybridized carbons (Fsp3) is 0.121. The van der Waals surface area contributed by atoms with Crippen molar-refractivity contribution in [3.8, 4) is 11.3 Å². The summed E-state index contributed by atoms with van der Waals surface area (Å²) in [5, 5.41) is 5.94. The summed E-state index contributed by atoms with van der Waals surface area (Å²) in [6, 6.07) is 32.7. The van der Waals surface area contributed by atoms with Gasteiger partial charge in [0.2, 0.25) is 11.8 Å². The molecule has 2 N–H and O–H groups in total. The largest absolute Gasteiger partial charge is 0.344 e. The predicted octanol–water partition coefficient (Wildman–Crippen LogP) is 6.43. The molecule has 0 spiro atoms. The Labute approximate surface area is 236 Å². The van der Waals surface area contributed by atoms with Crippen LogP contribution in [0.3, 0.4) is 0 Å². The summed E-state index contributed by atoms with van der Waals surface area (Å²) >= 11 is 1.66. The minimum atomic E-state index is -0.715. The van der Waals surface area contributed by atoms with Gasteiger partial charge < -0.3 is 10.6 Å². The van der Waals surface area contributed by atoms with Gasteiger partial charge in [-0.1, -0.05) is 95.8 Å². The van der Waals surface area contributed by atoms with E-state index in [0.717, 1.165) is 38.4 Å². The second-order valence-corrected chi connectivity index (χ2v) is 10.9. The first-order valence-corrected chi connectivity index (χ1v) is 14.0. The first-order chi connectivity index (χ1) is 19.5. The number of hydrogen-bond donors (Lipinski definition) is 2. The monoisotopic (exact) mass is 544 g/mol. The van der Waals surface area contributed by atoms with E-state index in [1.807, 2.05) is 104 Å². The molecule has 2 heterocycles. The van der Waals surface area contributed by atoms with Gasteiger partial charge in [-0.25, -0.2) is 4.98 Å². The Hall–Kier alpha value is -4.75. The van der Waals surface area contributed by atoms with Crippen molar-refractivity contribution in [2.75, 3.05) is 5.32 Å². The van der Waals surface area contributed by atoms with Crippen molar-refractivity contribution < 1.29 is 9.59 Å². The summed E-state index contributed by atoms with van der Waals surface area (Å²) in [4.78, 5) is 32.0. The van der Waals surface area contributed by atoms with Gasteiger partial charge in [-0.15, -0.1) is 0 Å². The second-order valence-electron chi connectivity index (χ2n) is 9.89. The highest BCUT2D eigenvalue weighted by atomic mass is 32.1. The number of aryl methyl sites for hydroxylation is 1. The zero-order valence-corrected chi connectivity index (χ0v) is 22.8. The molecular formula is C33H28N4O2S. The smallest absolute Gasteiger partial charge is 0.247 e. The Morgan fingerprint density at radius 2 is 1.57 bits per heavy atom. The normalized spacial score (nSPS) is 11.9. The Morgan fingerprint density at radius 1 is 0.850 bits per heavy atom. The number of nitrogens with one attached hydrogen (secondary N) is 2. The van der Waals surface area contributed by atoms with E-state index >= 15 is 0 Å². The Kier molecular flexibility index (Phi) is 7.12. The van der Waals surface area contributed by atoms with E-state index < -0.39 is 6.04 Å². The lowest BCUT2D eigenvalue weighted by Crippen LogP contribution is -2.45. The number of imidazole rings is 1. The molecule has 0 fully saturated rings. The molecule has 6 aromatic rings. The molecule has 0 bridgehead atoms. The van der Waals surface area contributed by atoms with Gasteiger partial charge in [0.05, 0.1) is 22.3 Å². The van der Waals surface area contributed by atoms with Crippen LogP contribution in [0.25, 0.3) is 26.4 Å². The number of aromatic nitrogens is 2. The number of carbonyl (C=O) groups excluding carboxylic acids is 2. The fourth-order valence-corrected chi connectivity index (χ4v) is 5.74. The third-order valence-electron chi connectivity index (χ3n) is 6.87. The summed E-state index contributed by atoms with van der Waals surface area (Å²) in [6.45, 7) is 2.01. The lowest BCUT2D eigenvalue weighted by atomic mass is 10.0. The van der Waals surface area contributed by atoms with Crippen molar-refractivity contribution in [1.82, 2.24) is 14.7 Å². The van der Waals surface area contributed by atoms with Crippen molar-refractivity contribution in [2.24, 2.45) is 0 Å². The van der Waals surface area contributed by atoms with Gasteiger partial charge in [-0.3, -0.25) is 14.0 Å². The van der Waals surface area contributed by atoms with E-state index in [1.165, 1.54) is 4.70 Å². The molecular weight excluding hydrogens is 516 g/mol. The van der Waals surface area contributed by atoms with Crippen LogP contribution in [0, 0.1) is 6.92 Å². The summed E-state index contributed by atoms with van der Waals surface area (Å²) in [5.41, 5.74) is 6.65. The molecule has 0 saturated heterocycles. The van der Waals surface area contributed by atoms with E-state index in [-0.39, 0.29) is 18.2 Å². The number of nitrogens with zero attached hydrogens (tertiary/aromatic N) is 2. The highest BCUT2D eigenvalue weighted by Gasteiger charge is 2.22. The van der Waals surface area contributed by atoms with Crippen molar-refractivity contribution in [2.45, 2.75) is 25.8 Å². The minimum Gasteiger partial charge on any atom is -0.344 e. The average Bonchev–Trinajstić information content (AvgIpc) is 3.53. The van der Waals surface area contributed by atoms with Gasteiger partial charge in [0.25, 0.3) is 0 Å². The molecule has 0 unspecified atom stereocenters. The molecule has 198 valence electrons. The van der Waals surface area contributed by atoms with Crippen LogP contribution in [0.2, 0.25) is 0 Å². The number of carbonyl (C=O) groups is 2. The molecule has 2 aromatic heterocycles. The van der Waals surface area contributed by atoms with Crippen molar-refractivity contribution >= 4 is 44.0 Å². The molecule has 40 heavy (non-hydrogen) atoms. The van der Waals surface area contributed by atoms with E-state index in [2.05, 4.69) is 27.2 Å². The van der Waals surface area contributed by atoms with Crippen molar-refractivity contribution in [3.63, 3.8) is 0 Å². The van der Waals surface area contributed by atoms with Gasteiger partial charge >= 0.3 is 0 Å². The van der Waals surface area contributed by atoms with E-state index in [4.69, 9.17) is 4.98 Å². The van der Waals surface area contributed by atoms with Gasteiger partial charge in [0.1, 0.15) is 6.04 Å². The SMILES string of the molecule is Cc1ccc(CC(=O)N[C@@H](Cc2ccccc2)C(=O)Nc2ccc(-c3cn4c(n3)sc3ccccc34)cc2)cc1. The standard InChI is InChI=1S/C33H28N4O2S/c1-22-11-13-24(14-12-22)20-31(38)35-27(19-23-7-3-2-4-8-23)32(39)34-26-17-15-25(16-18-26)28-21-37-29-9-5-6-10-30(29)40-33(37)36-28/h2-18,21,27H,19-20H2,1H3,(H,34,39)(H,35,38)/t27-/m0/s1. The predicted molar refractivity (Wildman–Crippen MR) is 162 cm³/mol. The van der Waals surface area contributed by atoms with Crippen LogP contribution in [-0.4, -0.2) is 27.2 Å². The number of benzene rings is 4. The van der Waals surface area contributed by atoms with E-state index in [1.54, 1.807) is 11.3 Å². The number of rotatable bonds is 8. The number of para-hydroxylation sites is 1. The summed E-state index contributed by atoms with van der Waals surface area (Å²) in [6.07, 6.45) is 2.65. The molecule has 0 saturated carbocycles. The summed E-state index contributed by atoms with van der Waals surface area (Å²) in [5.74, 6) is -0.453. The Bertz CT molecular complexity index is 1790. The lowest BCUT2D eigenvalue weighted by molar-refractivity contribution is -0.126. The van der Waals surface area contributed by atoms with Crippen LogP contribution in [0.5, 0.6) is 0 Å². The minimum absolute atomic E-state index is 0.192. The number of hydrogen-bond acceptors (Lipinski definition) is 4. The Morgan fingerprint density at radius 3 is 2.35 bits per heavy atom. The average molecular weight is 545 g/mol. The zero-order valence-electron chi connectivity index (χ0n) is 22.0. The molecule has 0 aliphatic rings. The van der Waals surface area contributed by atoms with Gasteiger partial charge in [0.15, 0.2) is 4.96 Å². The summed E-state index contributed by atoms with van der Waals surface area (Å²) in [7, 11) is 0. The maximum atomic E-state index is 13.4. The number of amides is 2. The molecule has 6 rings (SSSR count). The number of thiazole rings is 1. The van der Waals surface area contributed by atoms with E-state index in [9.17, 15) is 9.59 Å². The maximum Gasteiger partial charge on any atom is 0.247 e.